The van der Waals surface area contributed by atoms with Crippen LogP contribution in [0.2, 0.25) is 0 Å². The van der Waals surface area contributed by atoms with Gasteiger partial charge in [0.1, 0.15) is 5.82 Å². The number of halogens is 1. The lowest BCUT2D eigenvalue weighted by molar-refractivity contribution is -0.117. The number of aryl methyl sites for hydroxylation is 1. The van der Waals surface area contributed by atoms with Crippen LogP contribution in [0.1, 0.15) is 6.42 Å². The van der Waals surface area contributed by atoms with Crippen molar-refractivity contribution in [2.45, 2.75) is 10.3 Å². The highest BCUT2D eigenvalue weighted by Gasteiger charge is 2.21. The maximum absolute atomic E-state index is 12.3. The average molecular weight is 461 g/mol. The summed E-state index contributed by atoms with van der Waals surface area (Å²) in [4.78, 5) is 18.9. The summed E-state index contributed by atoms with van der Waals surface area (Å²) >= 11 is 2.44. The van der Waals surface area contributed by atoms with Crippen LogP contribution in [0.4, 0.5) is 5.82 Å². The normalized spacial score (nSPS) is 17.7. The number of likely N-dealkylation sites (tertiary alicyclic amines) is 1. The van der Waals surface area contributed by atoms with Gasteiger partial charge in [-0.15, -0.1) is 0 Å². The largest absolute Gasteiger partial charge is 0.310 e. The standard InChI is InChI=1S/C19H20IN5O/c1-24-10-16(9-22-24)13-2-3-14-8-21-18(7-15(14)6-13)23-19(26)12-25-5-4-17(20)11-25/h2-3,6-10,17H,4-5,11-12H2,1H3,(H,21,23,26)/t17-/m0/s1. The van der Waals surface area contributed by atoms with Crippen LogP contribution in [0.15, 0.2) is 42.9 Å². The van der Waals surface area contributed by atoms with Crippen molar-refractivity contribution in [1.29, 1.82) is 0 Å². The lowest BCUT2D eigenvalue weighted by Gasteiger charge is -2.14. The number of hydrogen-bond acceptors (Lipinski definition) is 4. The van der Waals surface area contributed by atoms with Crippen LogP contribution in [0.3, 0.4) is 0 Å². The van der Waals surface area contributed by atoms with E-state index in [1.807, 2.05) is 31.6 Å². The molecule has 2 aromatic heterocycles. The van der Waals surface area contributed by atoms with E-state index >= 15 is 0 Å². The van der Waals surface area contributed by atoms with E-state index in [1.165, 1.54) is 0 Å². The fourth-order valence-corrected chi connectivity index (χ4v) is 4.11. The third-order valence-electron chi connectivity index (χ3n) is 4.61. The van der Waals surface area contributed by atoms with Gasteiger partial charge in [0.15, 0.2) is 0 Å². The minimum absolute atomic E-state index is 0.00855. The highest BCUT2D eigenvalue weighted by molar-refractivity contribution is 14.1. The van der Waals surface area contributed by atoms with Crippen LogP contribution in [-0.2, 0) is 11.8 Å². The summed E-state index contributed by atoms with van der Waals surface area (Å²) in [6, 6.07) is 8.14. The summed E-state index contributed by atoms with van der Waals surface area (Å²) in [5.74, 6) is 0.585. The Hall–Kier alpha value is -2.00. The zero-order valence-electron chi connectivity index (χ0n) is 14.5. The number of alkyl halides is 1. The van der Waals surface area contributed by atoms with Crippen molar-refractivity contribution >= 4 is 45.1 Å². The van der Waals surface area contributed by atoms with E-state index in [-0.39, 0.29) is 5.91 Å². The van der Waals surface area contributed by atoms with E-state index in [4.69, 9.17) is 0 Å². The fraction of sp³-hybridized carbons (Fsp3) is 0.316. The first-order valence-corrected chi connectivity index (χ1v) is 9.86. The summed E-state index contributed by atoms with van der Waals surface area (Å²) in [6.45, 7) is 2.39. The molecular formula is C19H20IN5O. The molecule has 0 radical (unpaired) electrons. The van der Waals surface area contributed by atoms with Crippen molar-refractivity contribution in [2.75, 3.05) is 25.0 Å². The highest BCUT2D eigenvalue weighted by atomic mass is 127. The third-order valence-corrected chi connectivity index (χ3v) is 5.63. The summed E-state index contributed by atoms with van der Waals surface area (Å²) in [7, 11) is 1.91. The first kappa shape index (κ1) is 17.4. The molecule has 3 aromatic rings. The number of carbonyl (C=O) groups is 1. The Morgan fingerprint density at radius 1 is 1.27 bits per heavy atom. The predicted molar refractivity (Wildman–Crippen MR) is 111 cm³/mol. The summed E-state index contributed by atoms with van der Waals surface area (Å²) in [5, 5.41) is 9.25. The van der Waals surface area contributed by atoms with Gasteiger partial charge in [0.05, 0.1) is 12.7 Å². The molecule has 134 valence electrons. The van der Waals surface area contributed by atoms with Gasteiger partial charge in [0.2, 0.25) is 5.91 Å². The Bertz CT molecular complexity index is 954. The number of hydrogen-bond donors (Lipinski definition) is 1. The second-order valence-electron chi connectivity index (χ2n) is 6.70. The SMILES string of the molecule is Cn1cc(-c2ccc3cnc(NC(=O)CN4CC[C@H](I)C4)cc3c2)cn1. The minimum Gasteiger partial charge on any atom is -0.310 e. The molecule has 0 aliphatic carbocycles. The van der Waals surface area contributed by atoms with Crippen molar-refractivity contribution < 1.29 is 4.79 Å². The number of amides is 1. The van der Waals surface area contributed by atoms with E-state index in [0.717, 1.165) is 41.4 Å². The van der Waals surface area contributed by atoms with E-state index in [2.05, 4.69) is 55.0 Å². The van der Waals surface area contributed by atoms with E-state index < -0.39 is 0 Å². The van der Waals surface area contributed by atoms with Crippen LogP contribution < -0.4 is 5.32 Å². The first-order valence-electron chi connectivity index (χ1n) is 8.62. The number of anilines is 1. The van der Waals surface area contributed by atoms with Crippen LogP contribution in [0, 0.1) is 0 Å². The van der Waals surface area contributed by atoms with E-state index in [0.29, 0.717) is 16.3 Å². The molecule has 1 atom stereocenters. The number of rotatable bonds is 4. The predicted octanol–water partition coefficient (Wildman–Crippen LogP) is 3.08. The van der Waals surface area contributed by atoms with E-state index in [9.17, 15) is 4.79 Å². The average Bonchev–Trinajstić information content (AvgIpc) is 3.22. The molecule has 0 spiro atoms. The fourth-order valence-electron chi connectivity index (χ4n) is 3.27. The first-order chi connectivity index (χ1) is 12.6. The lowest BCUT2D eigenvalue weighted by Crippen LogP contribution is -2.31. The van der Waals surface area contributed by atoms with Crippen LogP contribution in [0.5, 0.6) is 0 Å². The van der Waals surface area contributed by atoms with Crippen molar-refractivity contribution in [3.8, 4) is 11.1 Å². The molecule has 0 bridgehead atoms. The number of nitrogens with zero attached hydrogens (tertiary/aromatic N) is 4. The zero-order valence-corrected chi connectivity index (χ0v) is 16.7. The molecule has 7 heteroatoms. The van der Waals surface area contributed by atoms with Crippen LogP contribution in [-0.4, -0.2) is 49.1 Å². The molecule has 1 aromatic carbocycles. The van der Waals surface area contributed by atoms with Crippen LogP contribution >= 0.6 is 22.6 Å². The molecule has 1 N–H and O–H groups in total. The molecule has 1 fully saturated rings. The number of pyridine rings is 1. The third kappa shape index (κ3) is 3.88. The maximum Gasteiger partial charge on any atom is 0.239 e. The maximum atomic E-state index is 12.3. The molecule has 0 unspecified atom stereocenters. The molecule has 3 heterocycles. The van der Waals surface area contributed by atoms with Gasteiger partial charge in [-0.25, -0.2) is 4.98 Å². The molecule has 1 aliphatic rings. The second kappa shape index (κ2) is 7.32. The molecule has 1 aliphatic heterocycles. The Balaban J connectivity index is 1.51. The molecule has 1 amide bonds. The molecule has 26 heavy (non-hydrogen) atoms. The summed E-state index contributed by atoms with van der Waals surface area (Å²) in [5.41, 5.74) is 2.17. The lowest BCUT2D eigenvalue weighted by atomic mass is 10.1. The van der Waals surface area contributed by atoms with Gasteiger partial charge in [-0.2, -0.15) is 5.10 Å². The van der Waals surface area contributed by atoms with Crippen LogP contribution in [0.25, 0.3) is 21.9 Å². The van der Waals surface area contributed by atoms with Gasteiger partial charge < -0.3 is 5.32 Å². The molecule has 1 saturated heterocycles. The Morgan fingerprint density at radius 3 is 2.88 bits per heavy atom. The Morgan fingerprint density at radius 2 is 2.15 bits per heavy atom. The van der Waals surface area contributed by atoms with Crippen molar-refractivity contribution in [3.63, 3.8) is 0 Å². The molecular weight excluding hydrogens is 441 g/mol. The van der Waals surface area contributed by atoms with Gasteiger partial charge in [-0.3, -0.25) is 14.4 Å². The Labute approximate surface area is 165 Å². The number of fused-ring (bicyclic) bond motifs is 1. The van der Waals surface area contributed by atoms with Gasteiger partial charge in [-0.05, 0) is 36.0 Å². The molecule has 0 saturated carbocycles. The van der Waals surface area contributed by atoms with Gasteiger partial charge in [0.25, 0.3) is 0 Å². The van der Waals surface area contributed by atoms with Gasteiger partial charge in [0, 0.05) is 40.9 Å². The molecule has 4 rings (SSSR count). The highest BCUT2D eigenvalue weighted by Crippen LogP contribution is 2.25. The quantitative estimate of drug-likeness (QED) is 0.479. The topological polar surface area (TPSA) is 63.1 Å². The molecule has 6 nitrogen and oxygen atoms in total. The number of carbonyl (C=O) groups excluding carboxylic acids is 1. The zero-order chi connectivity index (χ0) is 18.1. The van der Waals surface area contributed by atoms with Crippen molar-refractivity contribution in [1.82, 2.24) is 19.7 Å². The minimum atomic E-state index is -0.00855. The number of benzene rings is 1. The number of nitrogens with one attached hydrogen (secondary N) is 1. The van der Waals surface area contributed by atoms with Crippen molar-refractivity contribution in [2.24, 2.45) is 7.05 Å². The summed E-state index contributed by atoms with van der Waals surface area (Å²) < 4.78 is 2.43. The number of aromatic nitrogens is 3. The van der Waals surface area contributed by atoms with Gasteiger partial charge in [-0.1, -0.05) is 34.7 Å². The Kier molecular flexibility index (Phi) is 4.90. The monoisotopic (exact) mass is 461 g/mol. The van der Waals surface area contributed by atoms with E-state index in [1.54, 1.807) is 10.9 Å². The summed E-state index contributed by atoms with van der Waals surface area (Å²) in [6.07, 6.45) is 6.79. The smallest absolute Gasteiger partial charge is 0.239 e. The van der Waals surface area contributed by atoms with Crippen molar-refractivity contribution in [3.05, 3.63) is 42.9 Å². The second-order valence-corrected chi connectivity index (χ2v) is 8.46. The van der Waals surface area contributed by atoms with Gasteiger partial charge >= 0.3 is 0 Å².